The number of alkyl halides is 6. The molecule has 3 saturated carbocycles. The third-order valence-corrected chi connectivity index (χ3v) is 8.34. The molecule has 4 rings (SSSR count). The molecule has 0 aromatic rings. The van der Waals surface area contributed by atoms with Gasteiger partial charge in [-0.05, 0) is 63.2 Å². The van der Waals surface area contributed by atoms with Crippen molar-refractivity contribution < 1.29 is 26.3 Å². The number of halogens is 6. The molecular weight excluding hydrogens is 406 g/mol. The van der Waals surface area contributed by atoms with Gasteiger partial charge in [-0.15, -0.1) is 0 Å². The van der Waals surface area contributed by atoms with Crippen LogP contribution < -0.4 is 10.6 Å². The summed E-state index contributed by atoms with van der Waals surface area (Å²) in [5.41, 5.74) is 0. The molecule has 2 nitrogen and oxygen atoms in total. The number of fused-ring (bicyclic) bond motifs is 1. The molecule has 4 aliphatic rings. The van der Waals surface area contributed by atoms with Crippen LogP contribution in [0.25, 0.3) is 0 Å². The lowest BCUT2D eigenvalue weighted by atomic mass is 9.68. The first-order valence-electron chi connectivity index (χ1n) is 11.8. The zero-order valence-corrected chi connectivity index (χ0v) is 17.4. The first-order chi connectivity index (χ1) is 14.1. The first-order valence-corrected chi connectivity index (χ1v) is 11.8. The lowest BCUT2D eigenvalue weighted by molar-refractivity contribution is -0.191. The van der Waals surface area contributed by atoms with E-state index in [-0.39, 0.29) is 61.7 Å². The fourth-order valence-electron chi connectivity index (χ4n) is 6.79. The Balaban J connectivity index is 1.54. The van der Waals surface area contributed by atoms with Gasteiger partial charge in [0.25, 0.3) is 0 Å². The third-order valence-electron chi connectivity index (χ3n) is 8.34. The van der Waals surface area contributed by atoms with Crippen LogP contribution in [0.15, 0.2) is 0 Å². The highest BCUT2D eigenvalue weighted by atomic mass is 19.4. The summed E-state index contributed by atoms with van der Waals surface area (Å²) < 4.78 is 80.5. The van der Waals surface area contributed by atoms with Crippen LogP contribution in [0.3, 0.4) is 0 Å². The van der Waals surface area contributed by atoms with E-state index in [0.717, 1.165) is 38.5 Å². The Labute approximate surface area is 174 Å². The maximum Gasteiger partial charge on any atom is 0.391 e. The van der Waals surface area contributed by atoms with E-state index in [0.29, 0.717) is 12.8 Å². The molecule has 1 heterocycles. The van der Waals surface area contributed by atoms with Gasteiger partial charge in [0.1, 0.15) is 0 Å². The molecule has 8 heteroatoms. The predicted molar refractivity (Wildman–Crippen MR) is 103 cm³/mol. The summed E-state index contributed by atoms with van der Waals surface area (Å²) in [7, 11) is 0. The van der Waals surface area contributed by atoms with Crippen molar-refractivity contribution in [3.63, 3.8) is 0 Å². The van der Waals surface area contributed by atoms with E-state index in [1.807, 2.05) is 0 Å². The van der Waals surface area contributed by atoms with Crippen molar-refractivity contribution in [1.29, 1.82) is 0 Å². The van der Waals surface area contributed by atoms with E-state index in [9.17, 15) is 26.3 Å². The molecule has 0 radical (unpaired) electrons. The molecule has 4 fully saturated rings. The average molecular weight is 441 g/mol. The molecule has 8 atom stereocenters. The Morgan fingerprint density at radius 1 is 0.500 bits per heavy atom. The van der Waals surface area contributed by atoms with Gasteiger partial charge in [0, 0.05) is 24.2 Å². The second kappa shape index (κ2) is 8.80. The zero-order valence-electron chi connectivity index (χ0n) is 17.4. The first kappa shape index (κ1) is 22.7. The van der Waals surface area contributed by atoms with E-state index in [1.54, 1.807) is 0 Å². The molecule has 0 amide bonds. The van der Waals surface area contributed by atoms with Gasteiger partial charge in [-0.25, -0.2) is 0 Å². The quantitative estimate of drug-likeness (QED) is 0.518. The van der Waals surface area contributed by atoms with Gasteiger partial charge in [0.05, 0.1) is 11.8 Å². The molecule has 3 aliphatic carbocycles. The number of hydrogen-bond acceptors (Lipinski definition) is 2. The molecule has 8 unspecified atom stereocenters. The van der Waals surface area contributed by atoms with Gasteiger partial charge in [0.2, 0.25) is 0 Å². The summed E-state index contributed by atoms with van der Waals surface area (Å²) in [5, 5.41) is 7.37. The molecule has 30 heavy (non-hydrogen) atoms. The highest BCUT2D eigenvalue weighted by Gasteiger charge is 2.50. The fraction of sp³-hybridized carbons (Fsp3) is 1.00. The summed E-state index contributed by atoms with van der Waals surface area (Å²) in [6.07, 6.45) is -1.07. The van der Waals surface area contributed by atoms with E-state index >= 15 is 0 Å². The lowest BCUT2D eigenvalue weighted by Crippen LogP contribution is -2.70. The number of hydrogen-bond donors (Lipinski definition) is 2. The van der Waals surface area contributed by atoms with Crippen LogP contribution in [0.5, 0.6) is 0 Å². The Kier molecular flexibility index (Phi) is 6.65. The summed E-state index contributed by atoms with van der Waals surface area (Å²) in [5.74, 6) is -2.82. The molecule has 1 saturated heterocycles. The third kappa shape index (κ3) is 4.94. The molecular formula is C22H34F6N2. The van der Waals surface area contributed by atoms with E-state index in [1.165, 1.54) is 0 Å². The summed E-state index contributed by atoms with van der Waals surface area (Å²) in [6, 6.07) is 0.138. The normalized spacial score (nSPS) is 43.8. The second-order valence-electron chi connectivity index (χ2n) is 10.2. The van der Waals surface area contributed by atoms with Gasteiger partial charge in [0.15, 0.2) is 0 Å². The molecule has 0 spiro atoms. The monoisotopic (exact) mass is 440 g/mol. The zero-order chi connectivity index (χ0) is 21.5. The number of piperazine rings is 1. The van der Waals surface area contributed by atoms with Crippen LogP contribution in [-0.4, -0.2) is 36.5 Å². The highest BCUT2D eigenvalue weighted by molar-refractivity contribution is 5.05. The molecule has 0 aromatic heterocycles. The van der Waals surface area contributed by atoms with Crippen molar-refractivity contribution in [2.24, 2.45) is 23.7 Å². The fourth-order valence-corrected chi connectivity index (χ4v) is 6.79. The smallest absolute Gasteiger partial charge is 0.308 e. The largest absolute Gasteiger partial charge is 0.391 e. The minimum atomic E-state index is -4.18. The molecule has 0 aromatic carbocycles. The topological polar surface area (TPSA) is 24.1 Å². The Morgan fingerprint density at radius 3 is 1.27 bits per heavy atom. The van der Waals surface area contributed by atoms with Crippen LogP contribution in [-0.2, 0) is 0 Å². The van der Waals surface area contributed by atoms with Crippen molar-refractivity contribution in [3.05, 3.63) is 0 Å². The SMILES string of the molecule is FC(F)(F)C1CCCC(C2NC3CCCCC3NC2C2CCCC(C(F)(F)F)C2)C1. The highest BCUT2D eigenvalue weighted by Crippen LogP contribution is 2.46. The van der Waals surface area contributed by atoms with Crippen LogP contribution in [0, 0.1) is 23.7 Å². The van der Waals surface area contributed by atoms with Crippen molar-refractivity contribution in [2.75, 3.05) is 0 Å². The van der Waals surface area contributed by atoms with E-state index in [4.69, 9.17) is 0 Å². The van der Waals surface area contributed by atoms with Crippen molar-refractivity contribution >= 4 is 0 Å². The lowest BCUT2D eigenvalue weighted by Gasteiger charge is -2.53. The van der Waals surface area contributed by atoms with Crippen LogP contribution in [0.2, 0.25) is 0 Å². The predicted octanol–water partition coefficient (Wildman–Crippen LogP) is 5.97. The standard InChI is InChI=1S/C22H34F6N2/c23-21(24,25)15-7-3-5-13(11-15)19-20(30-18-10-2-1-9-17(18)29-19)14-6-4-8-16(12-14)22(26,27)28/h13-20,29-30H,1-12H2. The Hall–Kier alpha value is -0.500. The Bertz CT molecular complexity index is 527. The van der Waals surface area contributed by atoms with Gasteiger partial charge in [-0.3, -0.25) is 0 Å². The van der Waals surface area contributed by atoms with E-state index < -0.39 is 24.2 Å². The second-order valence-corrected chi connectivity index (χ2v) is 10.2. The molecule has 174 valence electrons. The number of rotatable bonds is 2. The maximum absolute atomic E-state index is 13.4. The van der Waals surface area contributed by atoms with Crippen LogP contribution in [0.1, 0.15) is 77.0 Å². The minimum absolute atomic E-state index is 0.103. The molecule has 1 aliphatic heterocycles. The summed E-state index contributed by atoms with van der Waals surface area (Å²) in [6.45, 7) is 0. The Morgan fingerprint density at radius 2 is 0.900 bits per heavy atom. The van der Waals surface area contributed by atoms with E-state index in [2.05, 4.69) is 10.6 Å². The molecule has 2 N–H and O–H groups in total. The van der Waals surface area contributed by atoms with Gasteiger partial charge in [-0.1, -0.05) is 25.7 Å². The average Bonchev–Trinajstić information content (AvgIpc) is 2.72. The van der Waals surface area contributed by atoms with Crippen LogP contribution in [0.4, 0.5) is 26.3 Å². The maximum atomic E-state index is 13.4. The van der Waals surface area contributed by atoms with Crippen molar-refractivity contribution in [3.8, 4) is 0 Å². The van der Waals surface area contributed by atoms with Gasteiger partial charge >= 0.3 is 12.4 Å². The van der Waals surface area contributed by atoms with Gasteiger partial charge < -0.3 is 10.6 Å². The van der Waals surface area contributed by atoms with Crippen LogP contribution >= 0.6 is 0 Å². The van der Waals surface area contributed by atoms with Crippen molar-refractivity contribution in [1.82, 2.24) is 10.6 Å². The van der Waals surface area contributed by atoms with Gasteiger partial charge in [-0.2, -0.15) is 26.3 Å². The van der Waals surface area contributed by atoms with Crippen molar-refractivity contribution in [2.45, 2.75) is 114 Å². The number of nitrogens with one attached hydrogen (secondary N) is 2. The molecule has 0 bridgehead atoms. The summed E-state index contributed by atoms with van der Waals surface area (Å²) in [4.78, 5) is 0. The minimum Gasteiger partial charge on any atom is -0.308 e. The summed E-state index contributed by atoms with van der Waals surface area (Å²) >= 11 is 0.